The molecule has 1 heterocycles. The molecule has 2 rings (SSSR count). The van der Waals surface area contributed by atoms with Crippen LogP contribution < -0.4 is 5.32 Å². The fourth-order valence-corrected chi connectivity index (χ4v) is 2.89. The highest BCUT2D eigenvalue weighted by Crippen LogP contribution is 2.41. The Hall–Kier alpha value is -0.410. The van der Waals surface area contributed by atoms with Crippen LogP contribution in [0, 0.1) is 0 Å². The normalized spacial score (nSPS) is 17.4. The zero-order valence-electron chi connectivity index (χ0n) is 12.8. The van der Waals surface area contributed by atoms with Crippen LogP contribution in [-0.2, 0) is 6.18 Å². The Morgan fingerprint density at radius 1 is 1.04 bits per heavy atom. The summed E-state index contributed by atoms with van der Waals surface area (Å²) in [5, 5.41) is 2.81. The van der Waals surface area contributed by atoms with Crippen molar-refractivity contribution in [3.8, 4) is 0 Å². The van der Waals surface area contributed by atoms with Crippen LogP contribution in [0.3, 0.4) is 0 Å². The van der Waals surface area contributed by atoms with E-state index < -0.39 is 30.4 Å². The smallest absolute Gasteiger partial charge is 0.314 e. The van der Waals surface area contributed by atoms with Gasteiger partial charge in [-0.3, -0.25) is 4.90 Å². The second-order valence-corrected chi connectivity index (χ2v) is 5.79. The molecule has 1 fully saturated rings. The lowest BCUT2D eigenvalue weighted by molar-refractivity contribution is -0.153. The first kappa shape index (κ1) is 24.6. The van der Waals surface area contributed by atoms with Gasteiger partial charge in [0.15, 0.2) is 0 Å². The third kappa shape index (κ3) is 7.02. The van der Waals surface area contributed by atoms with Crippen LogP contribution in [0.5, 0.6) is 0 Å². The van der Waals surface area contributed by atoms with Crippen LogP contribution in [0.15, 0.2) is 18.2 Å². The number of hydrogen-bond acceptors (Lipinski definition) is 2. The van der Waals surface area contributed by atoms with Gasteiger partial charge in [0, 0.05) is 37.2 Å². The topological polar surface area (TPSA) is 15.3 Å². The van der Waals surface area contributed by atoms with Crippen LogP contribution >= 0.6 is 36.4 Å². The highest BCUT2D eigenvalue weighted by Gasteiger charge is 2.41. The number of alkyl halides is 6. The fourth-order valence-electron chi connectivity index (χ4n) is 2.71. The average molecular weight is 434 g/mol. The Labute approximate surface area is 158 Å². The first-order valence-electron chi connectivity index (χ1n) is 6.96. The molecule has 1 aliphatic rings. The number of benzene rings is 1. The molecule has 0 bridgehead atoms. The lowest BCUT2D eigenvalue weighted by atomic mass is 9.95. The third-order valence-electron chi connectivity index (χ3n) is 3.70. The predicted octanol–water partition coefficient (Wildman–Crippen LogP) is 5.10. The minimum absolute atomic E-state index is 0. The van der Waals surface area contributed by atoms with Crippen molar-refractivity contribution in [1.82, 2.24) is 10.2 Å². The van der Waals surface area contributed by atoms with E-state index in [1.54, 1.807) is 0 Å². The molecule has 1 aromatic rings. The van der Waals surface area contributed by atoms with Crippen LogP contribution in [0.1, 0.15) is 23.6 Å². The Morgan fingerprint density at radius 3 is 2.08 bits per heavy atom. The molecular weight excluding hydrogens is 417 g/mol. The number of nitrogens with zero attached hydrogens (tertiary/aromatic N) is 1. The zero-order valence-corrected chi connectivity index (χ0v) is 15.1. The molecule has 25 heavy (non-hydrogen) atoms. The standard InChI is InChI=1S/C14H15ClF6N2.2ClH/c15-9-1-2-10(11(7-9)14(19,20)21)12(8-13(16,17)18)23-5-3-22-4-6-23;;/h1-2,7,12,22H,3-6,8H2;2*1H/t12-;;/m0../s1. The van der Waals surface area contributed by atoms with Gasteiger partial charge in [0.25, 0.3) is 0 Å². The summed E-state index contributed by atoms with van der Waals surface area (Å²) in [5.74, 6) is 0. The number of nitrogens with one attached hydrogen (secondary N) is 1. The van der Waals surface area contributed by atoms with Gasteiger partial charge >= 0.3 is 12.4 Å². The fraction of sp³-hybridized carbons (Fsp3) is 0.571. The van der Waals surface area contributed by atoms with Crippen molar-refractivity contribution < 1.29 is 26.3 Å². The van der Waals surface area contributed by atoms with E-state index in [4.69, 9.17) is 11.6 Å². The van der Waals surface area contributed by atoms with Crippen molar-refractivity contribution in [3.63, 3.8) is 0 Å². The van der Waals surface area contributed by atoms with Gasteiger partial charge < -0.3 is 5.32 Å². The van der Waals surface area contributed by atoms with E-state index in [1.807, 2.05) is 0 Å². The second kappa shape index (κ2) is 9.50. The summed E-state index contributed by atoms with van der Waals surface area (Å²) in [6.07, 6.45) is -10.7. The Balaban J connectivity index is 0.00000288. The van der Waals surface area contributed by atoms with E-state index in [9.17, 15) is 26.3 Å². The average Bonchev–Trinajstić information content (AvgIpc) is 2.44. The number of piperazine rings is 1. The van der Waals surface area contributed by atoms with Gasteiger partial charge in [0.2, 0.25) is 0 Å². The molecule has 1 atom stereocenters. The van der Waals surface area contributed by atoms with Gasteiger partial charge in [0.1, 0.15) is 0 Å². The van der Waals surface area contributed by atoms with E-state index in [0.29, 0.717) is 19.2 Å². The zero-order chi connectivity index (χ0) is 17.3. The summed E-state index contributed by atoms with van der Waals surface area (Å²) in [5.41, 5.74) is -1.50. The van der Waals surface area contributed by atoms with Crippen LogP contribution in [0.2, 0.25) is 5.02 Å². The van der Waals surface area contributed by atoms with Gasteiger partial charge in [-0.25, -0.2) is 0 Å². The molecule has 0 radical (unpaired) electrons. The Bertz CT molecular complexity index is 544. The highest BCUT2D eigenvalue weighted by molar-refractivity contribution is 6.30. The van der Waals surface area contributed by atoms with Gasteiger partial charge in [-0.2, -0.15) is 26.3 Å². The van der Waals surface area contributed by atoms with E-state index in [2.05, 4.69) is 5.32 Å². The van der Waals surface area contributed by atoms with Gasteiger partial charge in [-0.15, -0.1) is 24.8 Å². The molecule has 0 saturated carbocycles. The summed E-state index contributed by atoms with van der Waals surface area (Å²) in [4.78, 5) is 1.43. The number of rotatable bonds is 3. The molecule has 0 spiro atoms. The first-order valence-corrected chi connectivity index (χ1v) is 7.34. The molecule has 146 valence electrons. The largest absolute Gasteiger partial charge is 0.416 e. The maximum absolute atomic E-state index is 13.2. The van der Waals surface area contributed by atoms with Crippen LogP contribution in [-0.4, -0.2) is 37.3 Å². The van der Waals surface area contributed by atoms with Crippen molar-refractivity contribution in [3.05, 3.63) is 34.3 Å². The monoisotopic (exact) mass is 432 g/mol. The SMILES string of the molecule is Cl.Cl.FC(F)(F)C[C@@H](c1ccc(Cl)cc1C(F)(F)F)N1CCNCC1. The Morgan fingerprint density at radius 2 is 1.60 bits per heavy atom. The van der Waals surface area contributed by atoms with Gasteiger partial charge in [0.05, 0.1) is 12.0 Å². The quantitative estimate of drug-likeness (QED) is 0.667. The molecule has 11 heteroatoms. The molecular formula is C14H17Cl3F6N2. The molecule has 0 aromatic heterocycles. The van der Waals surface area contributed by atoms with Crippen molar-refractivity contribution in [2.75, 3.05) is 26.2 Å². The first-order chi connectivity index (χ1) is 10.6. The highest BCUT2D eigenvalue weighted by atomic mass is 35.5. The van der Waals surface area contributed by atoms with Crippen molar-refractivity contribution in [2.24, 2.45) is 0 Å². The van der Waals surface area contributed by atoms with E-state index >= 15 is 0 Å². The third-order valence-corrected chi connectivity index (χ3v) is 3.93. The molecule has 1 aromatic carbocycles. The summed E-state index contributed by atoms with van der Waals surface area (Å²) in [6.45, 7) is 1.37. The number of hydrogen-bond donors (Lipinski definition) is 1. The molecule has 0 aliphatic carbocycles. The summed E-state index contributed by atoms with van der Waals surface area (Å²) in [7, 11) is 0. The van der Waals surface area contributed by atoms with Crippen molar-refractivity contribution in [2.45, 2.75) is 24.8 Å². The van der Waals surface area contributed by atoms with Crippen LogP contribution in [0.25, 0.3) is 0 Å². The van der Waals surface area contributed by atoms with Crippen molar-refractivity contribution >= 4 is 36.4 Å². The molecule has 1 N–H and O–H groups in total. The molecule has 2 nitrogen and oxygen atoms in total. The minimum atomic E-state index is -4.77. The molecule has 0 unspecified atom stereocenters. The number of halogens is 9. The lowest BCUT2D eigenvalue weighted by Gasteiger charge is -2.36. The van der Waals surface area contributed by atoms with E-state index in [1.165, 1.54) is 11.0 Å². The lowest BCUT2D eigenvalue weighted by Crippen LogP contribution is -2.46. The second-order valence-electron chi connectivity index (χ2n) is 5.35. The van der Waals surface area contributed by atoms with Gasteiger partial charge in [-0.05, 0) is 17.7 Å². The maximum atomic E-state index is 13.2. The van der Waals surface area contributed by atoms with Gasteiger partial charge in [-0.1, -0.05) is 17.7 Å². The Kier molecular flexibility index (Phi) is 9.35. The summed E-state index contributed by atoms with van der Waals surface area (Å²) < 4.78 is 78.4. The molecule has 1 aliphatic heterocycles. The van der Waals surface area contributed by atoms with Crippen LogP contribution in [0.4, 0.5) is 26.3 Å². The molecule has 1 saturated heterocycles. The van der Waals surface area contributed by atoms with E-state index in [-0.39, 0.29) is 48.5 Å². The molecule has 0 amide bonds. The van der Waals surface area contributed by atoms with Crippen molar-refractivity contribution in [1.29, 1.82) is 0 Å². The minimum Gasteiger partial charge on any atom is -0.314 e. The summed E-state index contributed by atoms with van der Waals surface area (Å²) in [6, 6.07) is 1.54. The maximum Gasteiger partial charge on any atom is 0.416 e. The van der Waals surface area contributed by atoms with E-state index in [0.717, 1.165) is 6.07 Å². The predicted molar refractivity (Wildman–Crippen MR) is 88.8 cm³/mol. The summed E-state index contributed by atoms with van der Waals surface area (Å²) >= 11 is 5.60.